The van der Waals surface area contributed by atoms with Gasteiger partial charge in [0.2, 0.25) is 0 Å². The first-order valence-corrected chi connectivity index (χ1v) is 8.38. The number of benzene rings is 1. The standard InChI is InChI=1S/C16H20BrClO/c1-19-16-5-4-13(17)9-14(16)15(18)8-12-7-10-2-3-11(12)6-10/h4-5,9-12,15H,2-3,6-8H2,1H3. The van der Waals surface area contributed by atoms with Gasteiger partial charge in [0.05, 0.1) is 12.5 Å². The molecular formula is C16H20BrClO. The third-order valence-corrected chi connectivity index (χ3v) is 5.83. The van der Waals surface area contributed by atoms with E-state index in [0.29, 0.717) is 0 Å². The summed E-state index contributed by atoms with van der Waals surface area (Å²) < 4.78 is 6.51. The second-order valence-electron chi connectivity index (χ2n) is 6.02. The van der Waals surface area contributed by atoms with Gasteiger partial charge in [-0.05, 0) is 61.6 Å². The number of fused-ring (bicyclic) bond motifs is 2. The molecule has 4 atom stereocenters. The van der Waals surface area contributed by atoms with Gasteiger partial charge in [0.1, 0.15) is 5.75 Å². The predicted octanol–water partition coefficient (Wildman–Crippen LogP) is 5.56. The molecule has 3 heteroatoms. The van der Waals surface area contributed by atoms with Crippen LogP contribution in [-0.2, 0) is 0 Å². The topological polar surface area (TPSA) is 9.23 Å². The summed E-state index contributed by atoms with van der Waals surface area (Å²) in [5.74, 6) is 3.66. The van der Waals surface area contributed by atoms with Gasteiger partial charge in [-0.3, -0.25) is 0 Å². The Morgan fingerprint density at radius 2 is 2.21 bits per heavy atom. The van der Waals surface area contributed by atoms with Gasteiger partial charge >= 0.3 is 0 Å². The quantitative estimate of drug-likeness (QED) is 0.650. The largest absolute Gasteiger partial charge is 0.496 e. The zero-order valence-electron chi connectivity index (χ0n) is 11.2. The minimum absolute atomic E-state index is 0.0665. The third-order valence-electron chi connectivity index (χ3n) is 4.92. The highest BCUT2D eigenvalue weighted by Crippen LogP contribution is 2.52. The summed E-state index contributed by atoms with van der Waals surface area (Å²) in [5, 5.41) is 0.0665. The van der Waals surface area contributed by atoms with Crippen LogP contribution < -0.4 is 4.74 Å². The first-order chi connectivity index (χ1) is 9.17. The number of ether oxygens (including phenoxy) is 1. The molecule has 2 fully saturated rings. The molecule has 0 amide bonds. The minimum atomic E-state index is 0.0665. The molecule has 0 spiro atoms. The van der Waals surface area contributed by atoms with Crippen LogP contribution in [0.15, 0.2) is 22.7 Å². The first kappa shape index (κ1) is 13.8. The summed E-state index contributed by atoms with van der Waals surface area (Å²) in [7, 11) is 1.72. The second kappa shape index (κ2) is 5.65. The second-order valence-corrected chi connectivity index (χ2v) is 7.47. The Morgan fingerprint density at radius 1 is 1.37 bits per heavy atom. The molecule has 2 aliphatic carbocycles. The summed E-state index contributed by atoms with van der Waals surface area (Å²) in [4.78, 5) is 0. The molecule has 3 rings (SSSR count). The van der Waals surface area contributed by atoms with Crippen molar-refractivity contribution in [1.29, 1.82) is 0 Å². The monoisotopic (exact) mass is 342 g/mol. The molecule has 1 aromatic rings. The Labute approximate surface area is 128 Å². The van der Waals surface area contributed by atoms with Crippen LogP contribution in [-0.4, -0.2) is 7.11 Å². The summed E-state index contributed by atoms with van der Waals surface area (Å²) in [5.41, 5.74) is 1.13. The average Bonchev–Trinajstić information content (AvgIpc) is 3.01. The van der Waals surface area contributed by atoms with Crippen LogP contribution in [0.5, 0.6) is 5.75 Å². The molecule has 0 heterocycles. The van der Waals surface area contributed by atoms with E-state index in [-0.39, 0.29) is 5.38 Å². The minimum Gasteiger partial charge on any atom is -0.496 e. The number of methoxy groups -OCH3 is 1. The zero-order chi connectivity index (χ0) is 13.4. The highest BCUT2D eigenvalue weighted by atomic mass is 79.9. The maximum atomic E-state index is 6.68. The molecule has 2 bridgehead atoms. The van der Waals surface area contributed by atoms with Crippen molar-refractivity contribution in [3.05, 3.63) is 28.2 Å². The molecule has 2 aliphatic rings. The van der Waals surface area contributed by atoms with Crippen molar-refractivity contribution in [3.63, 3.8) is 0 Å². The van der Waals surface area contributed by atoms with Gasteiger partial charge in [0, 0.05) is 10.0 Å². The number of rotatable bonds is 4. The fraction of sp³-hybridized carbons (Fsp3) is 0.625. The van der Waals surface area contributed by atoms with Crippen molar-refractivity contribution in [2.75, 3.05) is 7.11 Å². The van der Waals surface area contributed by atoms with Crippen LogP contribution in [0.2, 0.25) is 0 Å². The van der Waals surface area contributed by atoms with E-state index in [1.807, 2.05) is 12.1 Å². The number of alkyl halides is 1. The third kappa shape index (κ3) is 2.80. The molecular weight excluding hydrogens is 324 g/mol. The molecule has 1 aromatic carbocycles. The van der Waals surface area contributed by atoms with E-state index in [1.165, 1.54) is 25.7 Å². The van der Waals surface area contributed by atoms with E-state index in [2.05, 4.69) is 22.0 Å². The van der Waals surface area contributed by atoms with Crippen molar-refractivity contribution in [1.82, 2.24) is 0 Å². The van der Waals surface area contributed by atoms with Gasteiger partial charge in [0.25, 0.3) is 0 Å². The fourth-order valence-electron chi connectivity index (χ4n) is 4.01. The van der Waals surface area contributed by atoms with Crippen LogP contribution in [0.3, 0.4) is 0 Å². The molecule has 4 unspecified atom stereocenters. The Hall–Kier alpha value is -0.210. The maximum absolute atomic E-state index is 6.68. The summed E-state index contributed by atoms with van der Waals surface area (Å²) in [6.45, 7) is 0. The van der Waals surface area contributed by atoms with E-state index >= 15 is 0 Å². The average molecular weight is 344 g/mol. The van der Waals surface area contributed by atoms with Gasteiger partial charge in [-0.15, -0.1) is 11.6 Å². The van der Waals surface area contributed by atoms with E-state index in [4.69, 9.17) is 16.3 Å². The lowest BCUT2D eigenvalue weighted by atomic mass is 9.84. The number of hydrogen-bond donors (Lipinski definition) is 0. The predicted molar refractivity (Wildman–Crippen MR) is 82.8 cm³/mol. The van der Waals surface area contributed by atoms with Gasteiger partial charge in [-0.1, -0.05) is 22.4 Å². The van der Waals surface area contributed by atoms with Gasteiger partial charge < -0.3 is 4.74 Å². The Kier molecular flexibility index (Phi) is 4.09. The lowest BCUT2D eigenvalue weighted by Crippen LogP contribution is -2.12. The Morgan fingerprint density at radius 3 is 2.84 bits per heavy atom. The van der Waals surface area contributed by atoms with Crippen LogP contribution in [0.25, 0.3) is 0 Å². The normalized spacial score (nSPS) is 30.6. The molecule has 0 radical (unpaired) electrons. The Bertz CT molecular complexity index is 462. The fourth-order valence-corrected chi connectivity index (χ4v) is 4.79. The molecule has 0 aliphatic heterocycles. The maximum Gasteiger partial charge on any atom is 0.123 e. The first-order valence-electron chi connectivity index (χ1n) is 7.15. The molecule has 19 heavy (non-hydrogen) atoms. The Balaban J connectivity index is 1.73. The molecule has 0 aromatic heterocycles. The van der Waals surface area contributed by atoms with Gasteiger partial charge in [0.15, 0.2) is 0 Å². The van der Waals surface area contributed by atoms with Crippen LogP contribution >= 0.6 is 27.5 Å². The van der Waals surface area contributed by atoms with Crippen molar-refractivity contribution >= 4 is 27.5 Å². The molecule has 104 valence electrons. The van der Waals surface area contributed by atoms with Gasteiger partial charge in [-0.2, -0.15) is 0 Å². The molecule has 1 nitrogen and oxygen atoms in total. The zero-order valence-corrected chi connectivity index (χ0v) is 13.6. The lowest BCUT2D eigenvalue weighted by Gasteiger charge is -2.24. The molecule has 2 saturated carbocycles. The smallest absolute Gasteiger partial charge is 0.123 e. The SMILES string of the molecule is COc1ccc(Br)cc1C(Cl)CC1CC2CCC1C2. The summed E-state index contributed by atoms with van der Waals surface area (Å²) >= 11 is 10.2. The summed E-state index contributed by atoms with van der Waals surface area (Å²) in [6, 6.07) is 6.10. The van der Waals surface area contributed by atoms with Crippen molar-refractivity contribution < 1.29 is 4.74 Å². The van der Waals surface area contributed by atoms with Crippen molar-refractivity contribution in [2.24, 2.45) is 17.8 Å². The van der Waals surface area contributed by atoms with Crippen molar-refractivity contribution in [2.45, 2.75) is 37.5 Å². The summed E-state index contributed by atoms with van der Waals surface area (Å²) in [6.07, 6.45) is 6.81. The molecule has 0 saturated heterocycles. The van der Waals surface area contributed by atoms with Crippen molar-refractivity contribution in [3.8, 4) is 5.75 Å². The van der Waals surface area contributed by atoms with E-state index in [0.717, 1.165) is 40.0 Å². The molecule has 0 N–H and O–H groups in total. The van der Waals surface area contributed by atoms with E-state index < -0.39 is 0 Å². The van der Waals surface area contributed by atoms with Gasteiger partial charge in [-0.25, -0.2) is 0 Å². The highest BCUT2D eigenvalue weighted by Gasteiger charge is 2.40. The highest BCUT2D eigenvalue weighted by molar-refractivity contribution is 9.10. The number of halogens is 2. The van der Waals surface area contributed by atoms with Crippen LogP contribution in [0.1, 0.15) is 43.0 Å². The van der Waals surface area contributed by atoms with E-state index in [1.54, 1.807) is 7.11 Å². The number of hydrogen-bond acceptors (Lipinski definition) is 1. The lowest BCUT2D eigenvalue weighted by molar-refractivity contribution is 0.310. The van der Waals surface area contributed by atoms with Crippen LogP contribution in [0, 0.1) is 17.8 Å². The van der Waals surface area contributed by atoms with Crippen LogP contribution in [0.4, 0.5) is 0 Å². The van der Waals surface area contributed by atoms with E-state index in [9.17, 15) is 0 Å².